The van der Waals surface area contributed by atoms with Crippen LogP contribution in [0.25, 0.3) is 0 Å². The highest BCUT2D eigenvalue weighted by molar-refractivity contribution is 5.67. The molecule has 0 bridgehead atoms. The quantitative estimate of drug-likeness (QED) is 0.577. The number of hydrogen-bond acceptors (Lipinski definition) is 4. The van der Waals surface area contributed by atoms with Crippen LogP contribution in [0.3, 0.4) is 0 Å². The number of carbonyl (C=O) groups is 1. The summed E-state index contributed by atoms with van der Waals surface area (Å²) in [5.74, 6) is -3.34. The van der Waals surface area contributed by atoms with E-state index in [9.17, 15) is 23.8 Å². The molecule has 0 aliphatic carbocycles. The first-order valence-corrected chi connectivity index (χ1v) is 4.65. The van der Waals surface area contributed by atoms with E-state index in [0.29, 0.717) is 12.1 Å². The van der Waals surface area contributed by atoms with E-state index in [0.717, 1.165) is 0 Å². The number of anilines is 1. The Labute approximate surface area is 95.1 Å². The number of aliphatic hydroxyl groups excluding tert-OH is 2. The predicted octanol–water partition coefficient (Wildman–Crippen LogP) is 0.416. The molecule has 1 rings (SSSR count). The largest absolute Gasteiger partial charge is 0.481 e. The van der Waals surface area contributed by atoms with Gasteiger partial charge in [0.2, 0.25) is 0 Å². The van der Waals surface area contributed by atoms with Crippen molar-refractivity contribution in [1.29, 1.82) is 0 Å². The molecule has 0 aromatic heterocycles. The van der Waals surface area contributed by atoms with Crippen LogP contribution in [0.2, 0.25) is 0 Å². The normalized spacial score (nSPS) is 14.4. The summed E-state index contributed by atoms with van der Waals surface area (Å²) in [4.78, 5) is 10.3. The third-order valence-corrected chi connectivity index (χ3v) is 2.18. The smallest absolute Gasteiger partial charge is 0.306 e. The van der Waals surface area contributed by atoms with Gasteiger partial charge in [0, 0.05) is 11.6 Å². The average Bonchev–Trinajstić information content (AvgIpc) is 2.21. The highest BCUT2D eigenvalue weighted by Crippen LogP contribution is 2.25. The molecule has 0 saturated carbocycles. The molecule has 0 aliphatic heterocycles. The van der Waals surface area contributed by atoms with E-state index < -0.39 is 47.5 Å². The number of carboxylic acid groups (broad SMARTS) is 1. The van der Waals surface area contributed by atoms with E-state index in [-0.39, 0.29) is 0 Å². The molecule has 0 heterocycles. The zero-order valence-corrected chi connectivity index (χ0v) is 8.60. The molecule has 0 saturated heterocycles. The summed E-state index contributed by atoms with van der Waals surface area (Å²) >= 11 is 0. The van der Waals surface area contributed by atoms with Crippen LogP contribution in [-0.4, -0.2) is 27.4 Å². The van der Waals surface area contributed by atoms with Crippen LogP contribution in [0, 0.1) is 11.6 Å². The minimum absolute atomic E-state index is 0.439. The standard InChI is InChI=1S/C10H11F2NO4/c11-5-2-7(13)6(12)1-4(5)10(17)8(14)3-9(15)16/h1-2,8,10,14,17H,3,13H2,(H,15,16). The van der Waals surface area contributed by atoms with Crippen LogP contribution in [-0.2, 0) is 4.79 Å². The van der Waals surface area contributed by atoms with Crippen molar-refractivity contribution >= 4 is 11.7 Å². The van der Waals surface area contributed by atoms with Gasteiger partial charge in [0.15, 0.2) is 0 Å². The molecule has 7 heteroatoms. The topological polar surface area (TPSA) is 104 Å². The third kappa shape index (κ3) is 3.11. The van der Waals surface area contributed by atoms with Crippen molar-refractivity contribution in [3.05, 3.63) is 29.3 Å². The van der Waals surface area contributed by atoms with E-state index in [4.69, 9.17) is 10.8 Å². The van der Waals surface area contributed by atoms with Gasteiger partial charge < -0.3 is 21.1 Å². The molecular weight excluding hydrogens is 236 g/mol. The summed E-state index contributed by atoms with van der Waals surface area (Å²) < 4.78 is 26.4. The maximum absolute atomic E-state index is 13.3. The van der Waals surface area contributed by atoms with Gasteiger partial charge in [-0.05, 0) is 6.07 Å². The molecule has 0 fully saturated rings. The van der Waals surface area contributed by atoms with Crippen molar-refractivity contribution < 1.29 is 28.9 Å². The molecule has 17 heavy (non-hydrogen) atoms. The van der Waals surface area contributed by atoms with E-state index in [1.54, 1.807) is 0 Å². The van der Waals surface area contributed by atoms with Crippen LogP contribution in [0.5, 0.6) is 0 Å². The van der Waals surface area contributed by atoms with Gasteiger partial charge in [-0.2, -0.15) is 0 Å². The van der Waals surface area contributed by atoms with Crippen molar-refractivity contribution in [2.75, 3.05) is 5.73 Å². The number of carboxylic acids is 1. The molecule has 1 aromatic rings. The van der Waals surface area contributed by atoms with Crippen LogP contribution < -0.4 is 5.73 Å². The van der Waals surface area contributed by atoms with E-state index >= 15 is 0 Å². The second kappa shape index (κ2) is 5.07. The number of benzene rings is 1. The monoisotopic (exact) mass is 247 g/mol. The van der Waals surface area contributed by atoms with Crippen LogP contribution in [0.1, 0.15) is 18.1 Å². The molecule has 5 nitrogen and oxygen atoms in total. The van der Waals surface area contributed by atoms with Crippen LogP contribution in [0.4, 0.5) is 14.5 Å². The molecule has 2 unspecified atom stereocenters. The predicted molar refractivity (Wildman–Crippen MR) is 54.0 cm³/mol. The lowest BCUT2D eigenvalue weighted by atomic mass is 10.0. The fraction of sp³-hybridized carbons (Fsp3) is 0.300. The summed E-state index contributed by atoms with van der Waals surface area (Å²) in [5.41, 5.74) is 4.12. The first-order chi connectivity index (χ1) is 7.82. The van der Waals surface area contributed by atoms with Gasteiger partial charge in [0.1, 0.15) is 17.7 Å². The number of rotatable bonds is 4. The summed E-state index contributed by atoms with van der Waals surface area (Å²) in [6.07, 6.45) is -4.35. The van der Waals surface area contributed by atoms with Gasteiger partial charge in [-0.3, -0.25) is 4.79 Å². The Bertz CT molecular complexity index is 439. The highest BCUT2D eigenvalue weighted by atomic mass is 19.1. The summed E-state index contributed by atoms with van der Waals surface area (Å²) in [6.45, 7) is 0. The van der Waals surface area contributed by atoms with Crippen molar-refractivity contribution in [2.24, 2.45) is 0 Å². The maximum Gasteiger partial charge on any atom is 0.306 e. The Balaban J connectivity index is 2.99. The van der Waals surface area contributed by atoms with E-state index in [2.05, 4.69) is 0 Å². The van der Waals surface area contributed by atoms with Crippen LogP contribution >= 0.6 is 0 Å². The zero-order valence-electron chi connectivity index (χ0n) is 8.60. The van der Waals surface area contributed by atoms with Gasteiger partial charge in [-0.25, -0.2) is 8.78 Å². The lowest BCUT2D eigenvalue weighted by molar-refractivity contribution is -0.141. The zero-order chi connectivity index (χ0) is 13.2. The summed E-state index contributed by atoms with van der Waals surface area (Å²) in [7, 11) is 0. The first-order valence-electron chi connectivity index (χ1n) is 4.65. The third-order valence-electron chi connectivity index (χ3n) is 2.18. The number of halogens is 2. The van der Waals surface area contributed by atoms with Crippen molar-refractivity contribution in [2.45, 2.75) is 18.6 Å². The Kier molecular flexibility index (Phi) is 3.97. The number of aliphatic hydroxyl groups is 2. The minimum Gasteiger partial charge on any atom is -0.481 e. The molecule has 0 spiro atoms. The molecule has 0 amide bonds. The molecule has 94 valence electrons. The molecule has 0 radical (unpaired) electrons. The van der Waals surface area contributed by atoms with Crippen molar-refractivity contribution in [1.82, 2.24) is 0 Å². The van der Waals surface area contributed by atoms with Crippen molar-refractivity contribution in [3.63, 3.8) is 0 Å². The number of nitrogen functional groups attached to an aromatic ring is 1. The van der Waals surface area contributed by atoms with Crippen LogP contribution in [0.15, 0.2) is 12.1 Å². The Morgan fingerprint density at radius 1 is 1.29 bits per heavy atom. The van der Waals surface area contributed by atoms with E-state index in [1.165, 1.54) is 0 Å². The number of hydrogen-bond donors (Lipinski definition) is 4. The Morgan fingerprint density at radius 3 is 2.41 bits per heavy atom. The minimum atomic E-state index is -1.83. The molecule has 1 aromatic carbocycles. The highest BCUT2D eigenvalue weighted by Gasteiger charge is 2.24. The molecule has 2 atom stereocenters. The van der Waals surface area contributed by atoms with E-state index in [1.807, 2.05) is 0 Å². The van der Waals surface area contributed by atoms with Gasteiger partial charge >= 0.3 is 5.97 Å². The van der Waals surface area contributed by atoms with Gasteiger partial charge in [0.05, 0.1) is 18.2 Å². The Hall–Kier alpha value is -1.73. The van der Waals surface area contributed by atoms with Gasteiger partial charge in [-0.15, -0.1) is 0 Å². The van der Waals surface area contributed by atoms with Gasteiger partial charge in [0.25, 0.3) is 0 Å². The lowest BCUT2D eigenvalue weighted by Crippen LogP contribution is -2.22. The average molecular weight is 247 g/mol. The van der Waals surface area contributed by atoms with Gasteiger partial charge in [-0.1, -0.05) is 0 Å². The summed E-state index contributed by atoms with van der Waals surface area (Å²) in [6, 6.07) is 1.28. The molecular formula is C10H11F2NO4. The lowest BCUT2D eigenvalue weighted by Gasteiger charge is -2.17. The Morgan fingerprint density at radius 2 is 1.88 bits per heavy atom. The van der Waals surface area contributed by atoms with Crippen molar-refractivity contribution in [3.8, 4) is 0 Å². The maximum atomic E-state index is 13.3. The second-order valence-electron chi connectivity index (χ2n) is 3.51. The fourth-order valence-electron chi connectivity index (χ4n) is 1.30. The SMILES string of the molecule is Nc1cc(F)c(C(O)C(O)CC(=O)O)cc1F. The summed E-state index contributed by atoms with van der Waals surface area (Å²) in [5, 5.41) is 27.1. The molecule has 0 aliphatic rings. The second-order valence-corrected chi connectivity index (χ2v) is 3.51. The number of nitrogens with two attached hydrogens (primary N) is 1. The fourth-order valence-corrected chi connectivity index (χ4v) is 1.30. The first kappa shape index (κ1) is 13.3. The molecule has 5 N–H and O–H groups in total. The number of aliphatic carboxylic acids is 1.